The first-order valence-corrected chi connectivity index (χ1v) is 5.75. The molecule has 0 amide bonds. The molecular formula is C11H24N2O. The fraction of sp³-hybridized carbons (Fsp3) is 1.00. The first-order chi connectivity index (χ1) is 6.65. The first-order valence-electron chi connectivity index (χ1n) is 5.75. The molecule has 0 aliphatic carbocycles. The number of hydrogen-bond donors (Lipinski definition) is 2. The molecule has 3 heteroatoms. The highest BCUT2D eigenvalue weighted by atomic mass is 16.3. The smallest absolute Gasteiger partial charge is 0.0446 e. The molecule has 3 nitrogen and oxygen atoms in total. The van der Waals surface area contributed by atoms with Crippen LogP contribution in [-0.2, 0) is 0 Å². The van der Waals surface area contributed by atoms with Gasteiger partial charge in [-0.3, -0.25) is 4.90 Å². The van der Waals surface area contributed by atoms with Crippen molar-refractivity contribution in [3.8, 4) is 0 Å². The van der Waals surface area contributed by atoms with Crippen molar-refractivity contribution >= 4 is 0 Å². The van der Waals surface area contributed by atoms with E-state index in [-0.39, 0.29) is 0 Å². The third kappa shape index (κ3) is 3.23. The van der Waals surface area contributed by atoms with Crippen molar-refractivity contribution in [1.82, 2.24) is 10.2 Å². The van der Waals surface area contributed by atoms with Gasteiger partial charge in [-0.05, 0) is 33.6 Å². The molecule has 0 spiro atoms. The van der Waals surface area contributed by atoms with Gasteiger partial charge in [-0.15, -0.1) is 0 Å². The third-order valence-corrected chi connectivity index (χ3v) is 3.12. The van der Waals surface area contributed by atoms with Crippen LogP contribution in [0.5, 0.6) is 0 Å². The van der Waals surface area contributed by atoms with E-state index in [1.807, 2.05) is 0 Å². The van der Waals surface area contributed by atoms with Crippen molar-refractivity contribution in [1.29, 1.82) is 0 Å². The molecule has 0 radical (unpaired) electrons. The van der Waals surface area contributed by atoms with Crippen molar-refractivity contribution in [2.75, 3.05) is 19.7 Å². The van der Waals surface area contributed by atoms with Gasteiger partial charge in [0.05, 0.1) is 0 Å². The molecule has 1 rings (SSSR count). The highest BCUT2D eigenvalue weighted by molar-refractivity contribution is 4.82. The van der Waals surface area contributed by atoms with E-state index in [1.54, 1.807) is 0 Å². The zero-order valence-corrected chi connectivity index (χ0v) is 9.66. The molecule has 0 aromatic carbocycles. The Kier molecular flexibility index (Phi) is 4.85. The van der Waals surface area contributed by atoms with Crippen molar-refractivity contribution in [2.45, 2.75) is 51.7 Å². The van der Waals surface area contributed by atoms with Gasteiger partial charge in [0, 0.05) is 37.8 Å². The van der Waals surface area contributed by atoms with Crippen LogP contribution in [0.2, 0.25) is 0 Å². The average Bonchev–Trinajstić information content (AvgIpc) is 2.29. The third-order valence-electron chi connectivity index (χ3n) is 3.12. The van der Waals surface area contributed by atoms with E-state index >= 15 is 0 Å². The second-order valence-electron chi connectivity index (χ2n) is 4.60. The second-order valence-corrected chi connectivity index (χ2v) is 4.60. The van der Waals surface area contributed by atoms with Gasteiger partial charge < -0.3 is 10.4 Å². The Morgan fingerprint density at radius 3 is 2.79 bits per heavy atom. The summed E-state index contributed by atoms with van der Waals surface area (Å²) in [5.74, 6) is 0. The summed E-state index contributed by atoms with van der Waals surface area (Å²) in [7, 11) is 0. The van der Waals surface area contributed by atoms with Gasteiger partial charge in [0.25, 0.3) is 0 Å². The number of aliphatic hydroxyl groups excluding tert-OH is 1. The number of hydrogen-bond acceptors (Lipinski definition) is 3. The molecule has 2 N–H and O–H groups in total. The largest absolute Gasteiger partial charge is 0.396 e. The topological polar surface area (TPSA) is 35.5 Å². The minimum Gasteiger partial charge on any atom is -0.396 e. The molecule has 1 saturated heterocycles. The fourth-order valence-corrected chi connectivity index (χ4v) is 2.18. The average molecular weight is 200 g/mol. The molecule has 1 aliphatic rings. The van der Waals surface area contributed by atoms with Crippen LogP contribution >= 0.6 is 0 Å². The zero-order chi connectivity index (χ0) is 10.6. The summed E-state index contributed by atoms with van der Waals surface area (Å²) in [6.45, 7) is 9.17. The second kappa shape index (κ2) is 5.69. The van der Waals surface area contributed by atoms with Crippen molar-refractivity contribution in [3.05, 3.63) is 0 Å². The Morgan fingerprint density at radius 1 is 1.50 bits per heavy atom. The summed E-state index contributed by atoms with van der Waals surface area (Å²) in [4.78, 5) is 2.51. The lowest BCUT2D eigenvalue weighted by Gasteiger charge is -2.32. The van der Waals surface area contributed by atoms with Gasteiger partial charge in [0.2, 0.25) is 0 Å². The van der Waals surface area contributed by atoms with Crippen LogP contribution in [0.15, 0.2) is 0 Å². The van der Waals surface area contributed by atoms with E-state index < -0.39 is 0 Å². The maximum atomic E-state index is 9.02. The van der Waals surface area contributed by atoms with E-state index in [1.165, 1.54) is 6.42 Å². The molecule has 0 saturated carbocycles. The molecular weight excluding hydrogens is 176 g/mol. The number of nitrogens with one attached hydrogen (secondary N) is 1. The highest BCUT2D eigenvalue weighted by Gasteiger charge is 2.24. The van der Waals surface area contributed by atoms with Crippen LogP contribution in [0.25, 0.3) is 0 Å². The predicted octanol–water partition coefficient (Wildman–Crippen LogP) is 0.830. The van der Waals surface area contributed by atoms with Gasteiger partial charge in [0.1, 0.15) is 0 Å². The van der Waals surface area contributed by atoms with Crippen molar-refractivity contribution in [2.24, 2.45) is 0 Å². The van der Waals surface area contributed by atoms with Crippen molar-refractivity contribution < 1.29 is 5.11 Å². The number of aliphatic hydroxyl groups is 1. The van der Waals surface area contributed by atoms with Crippen LogP contribution < -0.4 is 5.32 Å². The molecule has 0 aromatic heterocycles. The number of rotatable bonds is 3. The normalized spacial score (nSPS) is 30.6. The highest BCUT2D eigenvalue weighted by Crippen LogP contribution is 2.13. The SMILES string of the molecule is CC1CCN(C(C)C)C(CCO)CN1. The summed E-state index contributed by atoms with van der Waals surface area (Å²) in [5.41, 5.74) is 0. The standard InChI is InChI=1S/C11H24N2O/c1-9(2)13-6-4-10(3)12-8-11(13)5-7-14/h9-12,14H,4-8H2,1-3H3. The zero-order valence-electron chi connectivity index (χ0n) is 9.66. The summed E-state index contributed by atoms with van der Waals surface area (Å²) < 4.78 is 0. The maximum Gasteiger partial charge on any atom is 0.0446 e. The molecule has 0 bridgehead atoms. The molecule has 84 valence electrons. The summed E-state index contributed by atoms with van der Waals surface area (Å²) >= 11 is 0. The molecule has 2 atom stereocenters. The van der Waals surface area contributed by atoms with Gasteiger partial charge in [-0.25, -0.2) is 0 Å². The molecule has 14 heavy (non-hydrogen) atoms. The Morgan fingerprint density at radius 2 is 2.21 bits per heavy atom. The maximum absolute atomic E-state index is 9.02. The van der Waals surface area contributed by atoms with Crippen LogP contribution in [0.4, 0.5) is 0 Å². The lowest BCUT2D eigenvalue weighted by Crippen LogP contribution is -2.44. The van der Waals surface area contributed by atoms with Crippen LogP contribution in [0.3, 0.4) is 0 Å². The predicted molar refractivity (Wildman–Crippen MR) is 59.4 cm³/mol. The van der Waals surface area contributed by atoms with Crippen LogP contribution in [0.1, 0.15) is 33.6 Å². The lowest BCUT2D eigenvalue weighted by atomic mass is 10.1. The van der Waals surface area contributed by atoms with E-state index in [2.05, 4.69) is 31.0 Å². The Hall–Kier alpha value is -0.120. The minimum atomic E-state index is 0.296. The van der Waals surface area contributed by atoms with Gasteiger partial charge in [-0.1, -0.05) is 0 Å². The first kappa shape index (κ1) is 12.0. The van der Waals surface area contributed by atoms with E-state index in [9.17, 15) is 0 Å². The number of nitrogens with zero attached hydrogens (tertiary/aromatic N) is 1. The van der Waals surface area contributed by atoms with Gasteiger partial charge in [0.15, 0.2) is 0 Å². The Bertz CT molecular complexity index is 161. The molecule has 2 unspecified atom stereocenters. The summed E-state index contributed by atoms with van der Waals surface area (Å²) in [6.07, 6.45) is 2.10. The molecule has 1 heterocycles. The molecule has 0 aromatic rings. The van der Waals surface area contributed by atoms with E-state index in [0.29, 0.717) is 24.7 Å². The fourth-order valence-electron chi connectivity index (χ4n) is 2.18. The van der Waals surface area contributed by atoms with E-state index in [0.717, 1.165) is 19.5 Å². The molecule has 1 fully saturated rings. The van der Waals surface area contributed by atoms with Crippen LogP contribution in [-0.4, -0.2) is 47.8 Å². The Balaban J connectivity index is 2.56. The van der Waals surface area contributed by atoms with Crippen molar-refractivity contribution in [3.63, 3.8) is 0 Å². The van der Waals surface area contributed by atoms with Gasteiger partial charge >= 0.3 is 0 Å². The Labute approximate surface area is 87.5 Å². The van der Waals surface area contributed by atoms with Crippen LogP contribution in [0, 0.1) is 0 Å². The monoisotopic (exact) mass is 200 g/mol. The molecule has 1 aliphatic heterocycles. The van der Waals surface area contributed by atoms with E-state index in [4.69, 9.17) is 5.11 Å². The quantitative estimate of drug-likeness (QED) is 0.708. The minimum absolute atomic E-state index is 0.296. The summed E-state index contributed by atoms with van der Waals surface area (Å²) in [6, 6.07) is 1.70. The lowest BCUT2D eigenvalue weighted by molar-refractivity contribution is 0.134. The van der Waals surface area contributed by atoms with Gasteiger partial charge in [-0.2, -0.15) is 0 Å². The summed E-state index contributed by atoms with van der Waals surface area (Å²) in [5, 5.41) is 12.5.